The highest BCUT2D eigenvalue weighted by atomic mass is 16.1. The molecular formula is C18H30O. The van der Waals surface area contributed by atoms with Crippen LogP contribution in [0, 0.1) is 5.92 Å². The molecule has 0 aromatic carbocycles. The highest BCUT2D eigenvalue weighted by molar-refractivity contribution is 5.91. The number of hydrogen-bond acceptors (Lipinski definition) is 1. The van der Waals surface area contributed by atoms with Crippen molar-refractivity contribution in [3.63, 3.8) is 0 Å². The Bertz CT molecular complexity index is 295. The smallest absolute Gasteiger partial charge is 0.158 e. The quantitative estimate of drug-likeness (QED) is 0.268. The molecule has 0 fully saturated rings. The zero-order valence-electron chi connectivity index (χ0n) is 12.9. The molecule has 0 saturated carbocycles. The molecule has 0 radical (unpaired) electrons. The van der Waals surface area contributed by atoms with E-state index < -0.39 is 0 Å². The van der Waals surface area contributed by atoms with E-state index in [0.717, 1.165) is 6.42 Å². The van der Waals surface area contributed by atoms with Crippen molar-refractivity contribution in [2.45, 2.75) is 65.7 Å². The van der Waals surface area contributed by atoms with E-state index in [0.29, 0.717) is 0 Å². The molecule has 19 heavy (non-hydrogen) atoms. The van der Waals surface area contributed by atoms with E-state index >= 15 is 0 Å². The van der Waals surface area contributed by atoms with Crippen LogP contribution in [0.1, 0.15) is 65.7 Å². The van der Waals surface area contributed by atoms with Gasteiger partial charge in [0, 0.05) is 5.92 Å². The molecule has 0 aliphatic carbocycles. The van der Waals surface area contributed by atoms with Crippen molar-refractivity contribution in [2.24, 2.45) is 5.92 Å². The number of hydrogen-bond donors (Lipinski definition) is 0. The van der Waals surface area contributed by atoms with Crippen LogP contribution in [0.25, 0.3) is 0 Å². The van der Waals surface area contributed by atoms with Gasteiger partial charge in [-0.25, -0.2) is 0 Å². The van der Waals surface area contributed by atoms with Crippen LogP contribution in [0.3, 0.4) is 0 Å². The Kier molecular flexibility index (Phi) is 12.5. The summed E-state index contributed by atoms with van der Waals surface area (Å²) < 4.78 is 0. The summed E-state index contributed by atoms with van der Waals surface area (Å²) >= 11 is 0. The molecule has 0 saturated heterocycles. The third-order valence-corrected chi connectivity index (χ3v) is 3.02. The average molecular weight is 262 g/mol. The second kappa shape index (κ2) is 13.3. The molecule has 0 aliphatic heterocycles. The lowest BCUT2D eigenvalue weighted by Gasteiger charge is -1.97. The van der Waals surface area contributed by atoms with Gasteiger partial charge in [-0.05, 0) is 18.9 Å². The Hall–Kier alpha value is -1.11. The normalized spacial score (nSPS) is 12.4. The summed E-state index contributed by atoms with van der Waals surface area (Å²) in [5.41, 5.74) is 0. The number of carbonyl (C=O) groups is 1. The molecule has 0 heterocycles. The van der Waals surface area contributed by atoms with Gasteiger partial charge >= 0.3 is 0 Å². The molecule has 0 aliphatic rings. The van der Waals surface area contributed by atoms with Gasteiger partial charge in [0.15, 0.2) is 5.78 Å². The van der Waals surface area contributed by atoms with Gasteiger partial charge in [-0.1, -0.05) is 83.3 Å². The molecule has 1 nitrogen and oxygen atoms in total. The van der Waals surface area contributed by atoms with Gasteiger partial charge in [0.2, 0.25) is 0 Å². The maximum atomic E-state index is 11.3. The number of carbonyl (C=O) groups excluding carboxylic acids is 1. The second-order valence-electron chi connectivity index (χ2n) is 5.29. The molecule has 108 valence electrons. The van der Waals surface area contributed by atoms with E-state index in [1.54, 1.807) is 6.08 Å². The zero-order chi connectivity index (χ0) is 14.3. The fourth-order valence-corrected chi connectivity index (χ4v) is 1.69. The molecule has 0 atom stereocenters. The monoisotopic (exact) mass is 262 g/mol. The van der Waals surface area contributed by atoms with Gasteiger partial charge in [-0.15, -0.1) is 0 Å². The minimum absolute atomic E-state index is 0.0906. The standard InChI is InChI=1S/C18H30O/c1-4-5-6-7-8-9-10-11-12-13-14-15-16-18(19)17(2)3/h11-17H,4-10H2,1-3H3/b12-11+,14-13+,16-15+. The number of allylic oxidation sites excluding steroid dienone is 6. The van der Waals surface area contributed by atoms with E-state index in [2.05, 4.69) is 19.1 Å². The maximum Gasteiger partial charge on any atom is 0.158 e. The zero-order valence-corrected chi connectivity index (χ0v) is 12.9. The number of unbranched alkanes of at least 4 members (excludes halogenated alkanes) is 6. The van der Waals surface area contributed by atoms with Gasteiger partial charge in [0.05, 0.1) is 0 Å². The Morgan fingerprint density at radius 2 is 1.53 bits per heavy atom. The molecule has 0 unspecified atom stereocenters. The van der Waals surface area contributed by atoms with Crippen LogP contribution in [0.4, 0.5) is 0 Å². The number of ketones is 1. The first-order chi connectivity index (χ1) is 9.18. The lowest BCUT2D eigenvalue weighted by atomic mass is 10.1. The summed E-state index contributed by atoms with van der Waals surface area (Å²) in [6.07, 6.45) is 20.9. The molecule has 0 spiro atoms. The predicted molar refractivity (Wildman–Crippen MR) is 85.3 cm³/mol. The third-order valence-electron chi connectivity index (χ3n) is 3.02. The Morgan fingerprint density at radius 3 is 2.21 bits per heavy atom. The van der Waals surface area contributed by atoms with Crippen molar-refractivity contribution in [1.29, 1.82) is 0 Å². The molecule has 1 heteroatoms. The van der Waals surface area contributed by atoms with E-state index in [1.807, 2.05) is 32.1 Å². The Morgan fingerprint density at radius 1 is 0.895 bits per heavy atom. The summed E-state index contributed by atoms with van der Waals surface area (Å²) in [6, 6.07) is 0. The SMILES string of the molecule is CCCCCCCC/C=C/C=C/C=C/C(=O)C(C)C. The third kappa shape index (κ3) is 13.1. The summed E-state index contributed by atoms with van der Waals surface area (Å²) in [5.74, 6) is 0.272. The summed E-state index contributed by atoms with van der Waals surface area (Å²) in [4.78, 5) is 11.3. The highest BCUT2D eigenvalue weighted by Gasteiger charge is 1.99. The van der Waals surface area contributed by atoms with Crippen molar-refractivity contribution in [3.05, 3.63) is 36.5 Å². The molecule has 0 amide bonds. The van der Waals surface area contributed by atoms with Crippen molar-refractivity contribution >= 4 is 5.78 Å². The Labute approximate surface area is 119 Å². The van der Waals surface area contributed by atoms with Gasteiger partial charge < -0.3 is 0 Å². The predicted octanol–water partition coefficient (Wildman–Crippen LogP) is 5.63. The van der Waals surface area contributed by atoms with E-state index in [-0.39, 0.29) is 11.7 Å². The van der Waals surface area contributed by atoms with Crippen LogP contribution in [0.5, 0.6) is 0 Å². The van der Waals surface area contributed by atoms with Crippen LogP contribution in [0.2, 0.25) is 0 Å². The van der Waals surface area contributed by atoms with E-state index in [4.69, 9.17) is 0 Å². The summed E-state index contributed by atoms with van der Waals surface area (Å²) in [5, 5.41) is 0. The van der Waals surface area contributed by atoms with Crippen LogP contribution in [-0.4, -0.2) is 5.78 Å². The first-order valence-corrected chi connectivity index (χ1v) is 7.72. The average Bonchev–Trinajstić information content (AvgIpc) is 2.39. The topological polar surface area (TPSA) is 17.1 Å². The lowest BCUT2D eigenvalue weighted by molar-refractivity contribution is -0.117. The van der Waals surface area contributed by atoms with E-state index in [9.17, 15) is 4.79 Å². The van der Waals surface area contributed by atoms with Gasteiger partial charge in [-0.3, -0.25) is 4.79 Å². The van der Waals surface area contributed by atoms with Gasteiger partial charge in [0.25, 0.3) is 0 Å². The first-order valence-electron chi connectivity index (χ1n) is 7.72. The van der Waals surface area contributed by atoms with Crippen LogP contribution in [-0.2, 0) is 4.79 Å². The molecular weight excluding hydrogens is 232 g/mol. The molecule has 0 bridgehead atoms. The maximum absolute atomic E-state index is 11.3. The first kappa shape index (κ1) is 17.9. The summed E-state index contributed by atoms with van der Waals surface area (Å²) in [6.45, 7) is 6.08. The van der Waals surface area contributed by atoms with Crippen molar-refractivity contribution in [3.8, 4) is 0 Å². The largest absolute Gasteiger partial charge is 0.295 e. The van der Waals surface area contributed by atoms with E-state index in [1.165, 1.54) is 38.5 Å². The fraction of sp³-hybridized carbons (Fsp3) is 0.611. The highest BCUT2D eigenvalue weighted by Crippen LogP contribution is 2.07. The van der Waals surface area contributed by atoms with Crippen LogP contribution in [0.15, 0.2) is 36.5 Å². The minimum Gasteiger partial charge on any atom is -0.295 e. The van der Waals surface area contributed by atoms with Crippen LogP contribution >= 0.6 is 0 Å². The molecule has 0 N–H and O–H groups in total. The van der Waals surface area contributed by atoms with Gasteiger partial charge in [0.1, 0.15) is 0 Å². The van der Waals surface area contributed by atoms with Crippen molar-refractivity contribution in [2.75, 3.05) is 0 Å². The minimum atomic E-state index is 0.0906. The van der Waals surface area contributed by atoms with Crippen molar-refractivity contribution in [1.82, 2.24) is 0 Å². The second-order valence-corrected chi connectivity index (χ2v) is 5.29. The summed E-state index contributed by atoms with van der Waals surface area (Å²) in [7, 11) is 0. The fourth-order valence-electron chi connectivity index (χ4n) is 1.69. The Balaban J connectivity index is 3.50. The van der Waals surface area contributed by atoms with Crippen LogP contribution < -0.4 is 0 Å². The molecule has 0 aromatic heterocycles. The number of rotatable bonds is 11. The molecule has 0 aromatic rings. The van der Waals surface area contributed by atoms with Crippen molar-refractivity contribution < 1.29 is 4.79 Å². The lowest BCUT2D eigenvalue weighted by Crippen LogP contribution is -2.01. The molecule has 0 rings (SSSR count). The van der Waals surface area contributed by atoms with Gasteiger partial charge in [-0.2, -0.15) is 0 Å².